The van der Waals surface area contributed by atoms with Crippen molar-refractivity contribution in [1.29, 1.82) is 0 Å². The van der Waals surface area contributed by atoms with Crippen LogP contribution < -0.4 is 20.8 Å². The smallest absolute Gasteiger partial charge is 0.329 e. The number of carbonyl (C=O) groups excluding carboxylic acids is 3. The summed E-state index contributed by atoms with van der Waals surface area (Å²) in [4.78, 5) is 62.1. The normalized spacial score (nSPS) is 20.5. The van der Waals surface area contributed by atoms with E-state index in [-0.39, 0.29) is 35.7 Å². The molecule has 2 aromatic carbocycles. The molecule has 7 heterocycles. The van der Waals surface area contributed by atoms with E-state index in [2.05, 4.69) is 41.4 Å². The Balaban J connectivity index is 0.788. The van der Waals surface area contributed by atoms with Gasteiger partial charge in [-0.05, 0) is 100 Å². The van der Waals surface area contributed by atoms with E-state index in [9.17, 15) is 24.3 Å². The lowest BCUT2D eigenvalue weighted by atomic mass is 9.73. The van der Waals surface area contributed by atoms with Crippen LogP contribution in [0.2, 0.25) is 0 Å². The average Bonchev–Trinajstić information content (AvgIpc) is 3.85. The molecule has 4 aliphatic rings. The molecule has 3 amide bonds. The summed E-state index contributed by atoms with van der Waals surface area (Å²) < 4.78 is 5.07. The zero-order valence-electron chi connectivity index (χ0n) is 35.9. The Morgan fingerprint density at radius 2 is 1.66 bits per heavy atom. The Kier molecular flexibility index (Phi) is 11.4. The van der Waals surface area contributed by atoms with Crippen molar-refractivity contribution in [3.63, 3.8) is 0 Å². The molecule has 1 atom stereocenters. The third-order valence-corrected chi connectivity index (χ3v) is 14.4. The Labute approximate surface area is 361 Å². The van der Waals surface area contributed by atoms with Gasteiger partial charge >= 0.3 is 5.69 Å². The largest absolute Gasteiger partial charge is 0.507 e. The van der Waals surface area contributed by atoms with Crippen molar-refractivity contribution in [1.82, 2.24) is 44.2 Å². The number of likely N-dealkylation sites (N-methyl/N-ethyl adjacent to an activating group) is 1. The molecular weight excluding hydrogens is 787 g/mol. The van der Waals surface area contributed by atoms with Crippen LogP contribution in [0.3, 0.4) is 0 Å². The lowest BCUT2D eigenvalue weighted by Crippen LogP contribution is -2.56. The third-order valence-electron chi connectivity index (χ3n) is 14.4. The maximum atomic E-state index is 14.8. The van der Waals surface area contributed by atoms with Crippen LogP contribution in [0.1, 0.15) is 69.5 Å². The van der Waals surface area contributed by atoms with Crippen molar-refractivity contribution >= 4 is 40.1 Å². The third kappa shape index (κ3) is 7.62. The van der Waals surface area contributed by atoms with Gasteiger partial charge in [-0.1, -0.05) is 18.2 Å². The number of hydrogen-bond donors (Lipinski definition) is 2. The number of piperidine rings is 4. The number of aromatic hydroxyl groups is 1. The average molecular weight is 844 g/mol. The molecule has 0 bridgehead atoms. The molecule has 4 fully saturated rings. The van der Waals surface area contributed by atoms with Gasteiger partial charge in [-0.25, -0.2) is 4.79 Å². The van der Waals surface area contributed by atoms with Crippen molar-refractivity contribution in [2.24, 2.45) is 20.0 Å². The first kappa shape index (κ1) is 41.3. The molecule has 0 spiro atoms. The fourth-order valence-electron chi connectivity index (χ4n) is 10.7. The quantitative estimate of drug-likeness (QED) is 0.195. The number of likely N-dealkylation sites (tertiary alicyclic amines) is 1. The zero-order valence-corrected chi connectivity index (χ0v) is 35.9. The van der Waals surface area contributed by atoms with Crippen LogP contribution in [0.5, 0.6) is 5.75 Å². The number of phenolic OH excluding ortho intramolecular Hbond substituents is 1. The minimum atomic E-state index is -0.701. The van der Waals surface area contributed by atoms with E-state index in [1.165, 1.54) is 0 Å². The molecule has 0 unspecified atom stereocenters. The summed E-state index contributed by atoms with van der Waals surface area (Å²) in [6, 6.07) is 16.5. The molecule has 3 aromatic heterocycles. The van der Waals surface area contributed by atoms with Crippen LogP contribution in [0.25, 0.3) is 22.3 Å². The van der Waals surface area contributed by atoms with Gasteiger partial charge in [0.05, 0.1) is 45.4 Å². The molecule has 0 aliphatic carbocycles. The van der Waals surface area contributed by atoms with Gasteiger partial charge < -0.3 is 24.7 Å². The second-order valence-electron chi connectivity index (χ2n) is 17.8. The molecule has 0 saturated carbocycles. The lowest BCUT2D eigenvalue weighted by Gasteiger charge is -2.45. The molecule has 0 radical (unpaired) electrons. The van der Waals surface area contributed by atoms with Gasteiger partial charge in [-0.2, -0.15) is 15.3 Å². The summed E-state index contributed by atoms with van der Waals surface area (Å²) in [5, 5.41) is 25.9. The molecule has 62 heavy (non-hydrogen) atoms. The maximum absolute atomic E-state index is 14.8. The summed E-state index contributed by atoms with van der Waals surface area (Å²) in [7, 11) is 5.69. The molecular formula is C46H57N11O5. The highest BCUT2D eigenvalue weighted by atomic mass is 16.3. The van der Waals surface area contributed by atoms with Gasteiger partial charge in [0.15, 0.2) is 0 Å². The minimum Gasteiger partial charge on any atom is -0.507 e. The number of para-hydroxylation sites is 2. The van der Waals surface area contributed by atoms with Crippen LogP contribution in [0, 0.1) is 5.92 Å². The van der Waals surface area contributed by atoms with Crippen molar-refractivity contribution in [2.75, 3.05) is 62.7 Å². The van der Waals surface area contributed by atoms with E-state index in [4.69, 9.17) is 0 Å². The van der Waals surface area contributed by atoms with Crippen LogP contribution in [0.15, 0.2) is 71.8 Å². The first-order valence-electron chi connectivity index (χ1n) is 22.1. The van der Waals surface area contributed by atoms with E-state index in [0.29, 0.717) is 49.5 Å². The minimum absolute atomic E-state index is 0.161. The fraction of sp³-hybridized carbons (Fsp3) is 0.500. The van der Waals surface area contributed by atoms with E-state index in [1.54, 1.807) is 40.7 Å². The Hall–Kier alpha value is -6.03. The van der Waals surface area contributed by atoms with Crippen LogP contribution in [-0.4, -0.2) is 121 Å². The number of aromatic nitrogens is 6. The number of phenols is 1. The number of imide groups is 1. The number of imidazole rings is 1. The summed E-state index contributed by atoms with van der Waals surface area (Å²) >= 11 is 0. The Morgan fingerprint density at radius 1 is 0.903 bits per heavy atom. The van der Waals surface area contributed by atoms with Crippen LogP contribution in [0.4, 0.5) is 11.4 Å². The highest BCUT2D eigenvalue weighted by Crippen LogP contribution is 2.40. The predicted molar refractivity (Wildman–Crippen MR) is 236 cm³/mol. The summed E-state index contributed by atoms with van der Waals surface area (Å²) in [5.74, 6) is 0.213. The Morgan fingerprint density at radius 3 is 2.37 bits per heavy atom. The molecule has 4 saturated heterocycles. The summed E-state index contributed by atoms with van der Waals surface area (Å²) in [5.41, 5.74) is 4.73. The molecule has 9 rings (SSSR count). The SMILES string of the molecule is CN(C(=O)C1(c2ccnn2C)CCN(c2cnnc(-c3ccccc3O)c2)CC1)C1CCN(CCC2CCN(c3cccc4c3n(C)c(=O)n4[C@@H]3CCC(=O)NC3=O)CC2)CC1. The molecule has 16 heteroatoms. The van der Waals surface area contributed by atoms with Gasteiger partial charge in [0.25, 0.3) is 0 Å². The first-order valence-corrected chi connectivity index (χ1v) is 22.1. The predicted octanol–water partition coefficient (Wildman–Crippen LogP) is 3.98. The van der Waals surface area contributed by atoms with Crippen LogP contribution in [-0.2, 0) is 33.9 Å². The van der Waals surface area contributed by atoms with E-state index in [1.807, 2.05) is 60.1 Å². The topological polar surface area (TPSA) is 167 Å². The standard InChI is InChI=1S/C46H57N11O5/c1-51(44(61)46(40-13-21-48-53(40)3)19-27-55(28-20-46)33-29-35(50-47-30-33)34-7-4-5-10-39(34)58)32-17-23-54(24-18-32)22-14-31-15-25-56(26-16-31)36-8-6-9-37-42(36)52(2)45(62)57(37)38-11-12-41(59)49-43(38)60/h4-10,13,21,29-32,38,58H,11-12,14-20,22-28H2,1-3H3,(H,49,59,60)/t38-/m1/s1. The second-order valence-corrected chi connectivity index (χ2v) is 17.8. The van der Waals surface area contributed by atoms with Gasteiger partial charge in [0.1, 0.15) is 11.8 Å². The fourth-order valence-corrected chi connectivity index (χ4v) is 10.7. The number of rotatable bonds is 10. The number of amides is 3. The van der Waals surface area contributed by atoms with Crippen molar-refractivity contribution < 1.29 is 19.5 Å². The monoisotopic (exact) mass is 843 g/mol. The Bertz CT molecular complexity index is 2520. The molecule has 4 aliphatic heterocycles. The first-order chi connectivity index (χ1) is 30.0. The summed E-state index contributed by atoms with van der Waals surface area (Å²) in [6.45, 7) is 6.09. The number of hydrogen-bond acceptors (Lipinski definition) is 11. The number of benzene rings is 2. The van der Waals surface area contributed by atoms with Crippen molar-refractivity contribution in [3.05, 3.63) is 83.2 Å². The molecule has 2 N–H and O–H groups in total. The number of fused-ring (bicyclic) bond motifs is 1. The molecule has 16 nitrogen and oxygen atoms in total. The number of nitrogens with zero attached hydrogens (tertiary/aromatic N) is 10. The zero-order chi connectivity index (χ0) is 43.1. The lowest BCUT2D eigenvalue weighted by molar-refractivity contribution is -0.140. The van der Waals surface area contributed by atoms with Gasteiger partial charge in [-0.15, -0.1) is 0 Å². The number of anilines is 2. The van der Waals surface area contributed by atoms with Gasteiger partial charge in [0.2, 0.25) is 17.7 Å². The van der Waals surface area contributed by atoms with Crippen LogP contribution >= 0.6 is 0 Å². The highest BCUT2D eigenvalue weighted by molar-refractivity contribution is 6.00. The highest BCUT2D eigenvalue weighted by Gasteiger charge is 2.48. The molecule has 326 valence electrons. The molecule has 5 aromatic rings. The van der Waals surface area contributed by atoms with Crippen molar-refractivity contribution in [2.45, 2.75) is 75.3 Å². The van der Waals surface area contributed by atoms with E-state index < -0.39 is 17.4 Å². The number of carbonyl (C=O) groups is 3. The number of aryl methyl sites for hydroxylation is 2. The van der Waals surface area contributed by atoms with E-state index in [0.717, 1.165) is 92.9 Å². The van der Waals surface area contributed by atoms with Gasteiger partial charge in [0, 0.05) is 84.6 Å². The van der Waals surface area contributed by atoms with Gasteiger partial charge in [-0.3, -0.25) is 33.5 Å². The van der Waals surface area contributed by atoms with E-state index >= 15 is 0 Å². The van der Waals surface area contributed by atoms with Crippen molar-refractivity contribution in [3.8, 4) is 17.0 Å². The maximum Gasteiger partial charge on any atom is 0.329 e. The summed E-state index contributed by atoms with van der Waals surface area (Å²) in [6.07, 6.45) is 10.5. The second kappa shape index (κ2) is 17.0. The number of nitrogens with one attached hydrogen (secondary N) is 1.